The van der Waals surface area contributed by atoms with Crippen LogP contribution < -0.4 is 4.74 Å². The number of thiophene rings is 1. The third kappa shape index (κ3) is 3.49. The van der Waals surface area contributed by atoms with Gasteiger partial charge in [0.15, 0.2) is 5.75 Å². The van der Waals surface area contributed by atoms with E-state index in [1.54, 1.807) is 23.5 Å². The van der Waals surface area contributed by atoms with Crippen molar-refractivity contribution in [1.29, 1.82) is 0 Å². The first-order chi connectivity index (χ1) is 9.63. The average molecular weight is 312 g/mol. The van der Waals surface area contributed by atoms with Crippen LogP contribution in [0.4, 0.5) is 5.69 Å². The van der Waals surface area contributed by atoms with E-state index in [0.29, 0.717) is 12.5 Å². The summed E-state index contributed by atoms with van der Waals surface area (Å²) in [6.07, 6.45) is 0.979. The van der Waals surface area contributed by atoms with Gasteiger partial charge in [-0.15, -0.1) is 22.9 Å². The summed E-state index contributed by atoms with van der Waals surface area (Å²) in [6.45, 7) is 2.42. The second-order valence-corrected chi connectivity index (χ2v) is 5.72. The highest BCUT2D eigenvalue weighted by molar-refractivity contribution is 7.11. The first-order valence-electron chi connectivity index (χ1n) is 6.17. The molecule has 0 spiro atoms. The molecule has 0 fully saturated rings. The molecule has 0 N–H and O–H groups in total. The van der Waals surface area contributed by atoms with Gasteiger partial charge in [-0.3, -0.25) is 10.1 Å². The predicted octanol–water partition coefficient (Wildman–Crippen LogP) is 4.54. The van der Waals surface area contributed by atoms with Gasteiger partial charge < -0.3 is 4.74 Å². The number of nitro groups is 1. The maximum absolute atomic E-state index is 11.0. The molecule has 0 unspecified atom stereocenters. The van der Waals surface area contributed by atoms with Gasteiger partial charge in [-0.2, -0.15) is 0 Å². The van der Waals surface area contributed by atoms with Crippen LogP contribution in [0, 0.1) is 10.1 Å². The highest BCUT2D eigenvalue weighted by Gasteiger charge is 2.15. The standard InChI is InChI=1S/C14H14ClNO3S/c1-2-11-4-5-12(20-11)9-19-14-7-10(8-15)3-6-13(14)16(17)18/h3-7H,2,8-9H2,1H3. The monoisotopic (exact) mass is 311 g/mol. The summed E-state index contributed by atoms with van der Waals surface area (Å²) in [6, 6.07) is 8.73. The molecular formula is C14H14ClNO3S. The summed E-state index contributed by atoms with van der Waals surface area (Å²) in [5.74, 6) is 0.562. The Balaban J connectivity index is 2.16. The van der Waals surface area contributed by atoms with Crippen molar-refractivity contribution < 1.29 is 9.66 Å². The Kier molecular flexibility index (Phi) is 4.98. The first kappa shape index (κ1) is 14.8. The van der Waals surface area contributed by atoms with E-state index >= 15 is 0 Å². The molecule has 0 aliphatic heterocycles. The molecule has 0 amide bonds. The number of rotatable bonds is 6. The molecule has 2 rings (SSSR count). The Morgan fingerprint density at radius 1 is 1.30 bits per heavy atom. The lowest BCUT2D eigenvalue weighted by Gasteiger charge is -2.07. The summed E-state index contributed by atoms with van der Waals surface area (Å²) in [7, 11) is 0. The molecule has 0 saturated carbocycles. The topological polar surface area (TPSA) is 52.4 Å². The fourth-order valence-corrected chi connectivity index (χ4v) is 2.78. The Bertz CT molecular complexity index is 612. The largest absolute Gasteiger partial charge is 0.481 e. The second-order valence-electron chi connectivity index (χ2n) is 4.20. The van der Waals surface area contributed by atoms with Crippen molar-refractivity contribution in [2.24, 2.45) is 0 Å². The fraction of sp³-hybridized carbons (Fsp3) is 0.286. The van der Waals surface area contributed by atoms with Gasteiger partial charge in [-0.05, 0) is 30.2 Å². The van der Waals surface area contributed by atoms with E-state index in [1.807, 2.05) is 12.1 Å². The van der Waals surface area contributed by atoms with Crippen molar-refractivity contribution in [3.63, 3.8) is 0 Å². The van der Waals surface area contributed by atoms with Crippen LogP contribution >= 0.6 is 22.9 Å². The van der Waals surface area contributed by atoms with Gasteiger partial charge in [0.25, 0.3) is 0 Å². The highest BCUT2D eigenvalue weighted by atomic mass is 35.5. The number of nitro benzene ring substituents is 1. The van der Waals surface area contributed by atoms with Crippen molar-refractivity contribution in [3.8, 4) is 5.75 Å². The SMILES string of the molecule is CCc1ccc(COc2cc(CCl)ccc2[N+](=O)[O-])s1. The van der Waals surface area contributed by atoms with Crippen LogP contribution in [-0.2, 0) is 18.9 Å². The van der Waals surface area contributed by atoms with Crippen LogP contribution in [0.15, 0.2) is 30.3 Å². The predicted molar refractivity (Wildman–Crippen MR) is 80.7 cm³/mol. The van der Waals surface area contributed by atoms with Gasteiger partial charge in [-0.1, -0.05) is 13.0 Å². The van der Waals surface area contributed by atoms with Crippen LogP contribution in [-0.4, -0.2) is 4.92 Å². The number of benzene rings is 1. The summed E-state index contributed by atoms with van der Waals surface area (Å²) in [5.41, 5.74) is 0.763. The van der Waals surface area contributed by atoms with Gasteiger partial charge in [0.05, 0.1) is 4.92 Å². The van der Waals surface area contributed by atoms with Crippen LogP contribution in [0.3, 0.4) is 0 Å². The molecule has 106 valence electrons. The van der Waals surface area contributed by atoms with Crippen LogP contribution in [0.1, 0.15) is 22.2 Å². The van der Waals surface area contributed by atoms with E-state index < -0.39 is 4.92 Å². The molecule has 1 aromatic carbocycles. The number of alkyl halides is 1. The molecule has 0 radical (unpaired) electrons. The van der Waals surface area contributed by atoms with Crippen molar-refractivity contribution in [2.45, 2.75) is 25.8 Å². The van der Waals surface area contributed by atoms with E-state index in [0.717, 1.165) is 16.9 Å². The highest BCUT2D eigenvalue weighted by Crippen LogP contribution is 2.30. The second kappa shape index (κ2) is 6.72. The lowest BCUT2D eigenvalue weighted by Crippen LogP contribution is -1.98. The molecular weight excluding hydrogens is 298 g/mol. The van der Waals surface area contributed by atoms with E-state index in [2.05, 4.69) is 6.92 Å². The molecule has 1 heterocycles. The van der Waals surface area contributed by atoms with E-state index in [9.17, 15) is 10.1 Å². The first-order valence-corrected chi connectivity index (χ1v) is 7.52. The van der Waals surface area contributed by atoms with Gasteiger partial charge in [-0.25, -0.2) is 0 Å². The molecule has 0 bridgehead atoms. The Hall–Kier alpha value is -1.59. The summed E-state index contributed by atoms with van der Waals surface area (Å²) < 4.78 is 5.59. The van der Waals surface area contributed by atoms with Gasteiger partial charge in [0, 0.05) is 21.7 Å². The van der Waals surface area contributed by atoms with Crippen molar-refractivity contribution in [1.82, 2.24) is 0 Å². The van der Waals surface area contributed by atoms with Gasteiger partial charge >= 0.3 is 5.69 Å². The molecule has 4 nitrogen and oxygen atoms in total. The van der Waals surface area contributed by atoms with Gasteiger partial charge in [0.2, 0.25) is 0 Å². The smallest absolute Gasteiger partial charge is 0.310 e. The maximum Gasteiger partial charge on any atom is 0.310 e. The number of hydrogen-bond acceptors (Lipinski definition) is 4. The lowest BCUT2D eigenvalue weighted by atomic mass is 10.2. The zero-order chi connectivity index (χ0) is 14.5. The van der Waals surface area contributed by atoms with Crippen molar-refractivity contribution in [2.75, 3.05) is 0 Å². The Labute approximate surface area is 126 Å². The molecule has 0 aliphatic carbocycles. The lowest BCUT2D eigenvalue weighted by molar-refractivity contribution is -0.386. The molecule has 0 atom stereocenters. The van der Waals surface area contributed by atoms with Gasteiger partial charge in [0.1, 0.15) is 6.61 Å². The zero-order valence-electron chi connectivity index (χ0n) is 11.0. The Morgan fingerprint density at radius 3 is 2.65 bits per heavy atom. The van der Waals surface area contributed by atoms with Crippen molar-refractivity contribution in [3.05, 3.63) is 55.8 Å². The zero-order valence-corrected chi connectivity index (χ0v) is 12.5. The number of ether oxygens (including phenoxy) is 1. The van der Waals surface area contributed by atoms with E-state index in [4.69, 9.17) is 16.3 Å². The minimum Gasteiger partial charge on any atom is -0.481 e. The summed E-state index contributed by atoms with van der Waals surface area (Å²) >= 11 is 7.40. The number of aryl methyl sites for hydroxylation is 1. The fourth-order valence-electron chi connectivity index (χ4n) is 1.75. The van der Waals surface area contributed by atoms with Crippen LogP contribution in [0.2, 0.25) is 0 Å². The third-order valence-electron chi connectivity index (χ3n) is 2.81. The molecule has 0 aliphatic rings. The quantitative estimate of drug-likeness (QED) is 0.447. The minimum absolute atomic E-state index is 0.0360. The third-order valence-corrected chi connectivity index (χ3v) is 4.32. The molecule has 1 aromatic heterocycles. The Morgan fingerprint density at radius 2 is 2.05 bits per heavy atom. The molecule has 0 saturated heterocycles. The summed E-state index contributed by atoms with van der Waals surface area (Å²) in [5, 5.41) is 11.0. The minimum atomic E-state index is -0.445. The molecule has 20 heavy (non-hydrogen) atoms. The number of halogens is 1. The van der Waals surface area contributed by atoms with Crippen molar-refractivity contribution >= 4 is 28.6 Å². The van der Waals surface area contributed by atoms with E-state index in [1.165, 1.54) is 10.9 Å². The molecule has 6 heteroatoms. The number of hydrogen-bond donors (Lipinski definition) is 0. The number of nitrogens with zero attached hydrogens (tertiary/aromatic N) is 1. The maximum atomic E-state index is 11.0. The summed E-state index contributed by atoms with van der Waals surface area (Å²) in [4.78, 5) is 12.9. The molecule has 2 aromatic rings. The average Bonchev–Trinajstić information content (AvgIpc) is 2.92. The normalized spacial score (nSPS) is 10.5. The van der Waals surface area contributed by atoms with Crippen LogP contribution in [0.5, 0.6) is 5.75 Å². The van der Waals surface area contributed by atoms with E-state index in [-0.39, 0.29) is 11.4 Å². The van der Waals surface area contributed by atoms with Crippen LogP contribution in [0.25, 0.3) is 0 Å².